The molecule has 2 fully saturated rings. The fourth-order valence-electron chi connectivity index (χ4n) is 2.95. The number of carbonyl (C=O) groups excluding carboxylic acids is 1. The van der Waals surface area contributed by atoms with Gasteiger partial charge in [0.15, 0.2) is 0 Å². The summed E-state index contributed by atoms with van der Waals surface area (Å²) in [6.45, 7) is 5.79. The molecule has 0 aromatic rings. The van der Waals surface area contributed by atoms with Crippen LogP contribution in [0.5, 0.6) is 0 Å². The van der Waals surface area contributed by atoms with Crippen LogP contribution in [0, 0.1) is 5.92 Å². The highest BCUT2D eigenvalue weighted by Gasteiger charge is 2.29. The van der Waals surface area contributed by atoms with Crippen molar-refractivity contribution in [2.24, 2.45) is 5.92 Å². The van der Waals surface area contributed by atoms with Crippen LogP contribution in [0.25, 0.3) is 0 Å². The third-order valence-corrected chi connectivity index (χ3v) is 3.99. The molecule has 1 N–H and O–H groups in total. The molecular formula is C13H24N2O2. The third kappa shape index (κ3) is 3.42. The minimum absolute atomic E-state index is 0.157. The summed E-state index contributed by atoms with van der Waals surface area (Å²) in [6.07, 6.45) is 4.93. The van der Waals surface area contributed by atoms with E-state index in [1.807, 2.05) is 11.8 Å². The highest BCUT2D eigenvalue weighted by molar-refractivity contribution is 5.77. The quantitative estimate of drug-likeness (QED) is 0.797. The zero-order valence-corrected chi connectivity index (χ0v) is 10.8. The molecule has 98 valence electrons. The lowest BCUT2D eigenvalue weighted by Crippen LogP contribution is -2.44. The Morgan fingerprint density at radius 3 is 2.71 bits per heavy atom. The molecule has 0 spiro atoms. The van der Waals surface area contributed by atoms with Gasteiger partial charge in [-0.25, -0.2) is 0 Å². The van der Waals surface area contributed by atoms with Crippen LogP contribution in [0.15, 0.2) is 0 Å². The molecule has 2 saturated heterocycles. The summed E-state index contributed by atoms with van der Waals surface area (Å²) in [5.41, 5.74) is 0. The molecule has 1 amide bonds. The van der Waals surface area contributed by atoms with Crippen LogP contribution in [0.2, 0.25) is 0 Å². The summed E-state index contributed by atoms with van der Waals surface area (Å²) in [7, 11) is 0. The van der Waals surface area contributed by atoms with Gasteiger partial charge in [-0.05, 0) is 45.1 Å². The number of nitrogens with one attached hydrogen (secondary N) is 1. The van der Waals surface area contributed by atoms with E-state index in [1.165, 1.54) is 19.4 Å². The van der Waals surface area contributed by atoms with Crippen LogP contribution >= 0.6 is 0 Å². The highest BCUT2D eigenvalue weighted by atomic mass is 16.5. The van der Waals surface area contributed by atoms with Crippen LogP contribution in [-0.2, 0) is 9.53 Å². The van der Waals surface area contributed by atoms with Crippen molar-refractivity contribution in [1.29, 1.82) is 0 Å². The monoisotopic (exact) mass is 240 g/mol. The number of piperidine rings is 1. The van der Waals surface area contributed by atoms with E-state index >= 15 is 0 Å². The summed E-state index contributed by atoms with van der Waals surface area (Å²) < 4.78 is 5.17. The molecule has 4 nitrogen and oxygen atoms in total. The first-order valence-electron chi connectivity index (χ1n) is 6.90. The van der Waals surface area contributed by atoms with Gasteiger partial charge < -0.3 is 15.0 Å². The lowest BCUT2D eigenvalue weighted by Gasteiger charge is -2.34. The molecule has 2 rings (SSSR count). The molecule has 1 atom stereocenters. The number of ether oxygens (including phenoxy) is 1. The summed E-state index contributed by atoms with van der Waals surface area (Å²) in [5.74, 6) is 0.929. The minimum atomic E-state index is 0.157. The van der Waals surface area contributed by atoms with Gasteiger partial charge in [-0.2, -0.15) is 0 Å². The van der Waals surface area contributed by atoms with Crippen molar-refractivity contribution in [3.63, 3.8) is 0 Å². The average Bonchev–Trinajstić information content (AvgIpc) is 2.90. The maximum absolute atomic E-state index is 11.8. The van der Waals surface area contributed by atoms with Crippen LogP contribution in [-0.4, -0.2) is 49.7 Å². The summed E-state index contributed by atoms with van der Waals surface area (Å²) >= 11 is 0. The van der Waals surface area contributed by atoms with Crippen molar-refractivity contribution >= 4 is 5.91 Å². The van der Waals surface area contributed by atoms with Gasteiger partial charge >= 0.3 is 0 Å². The fourth-order valence-corrected chi connectivity index (χ4v) is 2.95. The topological polar surface area (TPSA) is 41.6 Å². The second kappa shape index (κ2) is 6.36. The van der Waals surface area contributed by atoms with E-state index in [2.05, 4.69) is 5.32 Å². The Hall–Kier alpha value is -0.610. The van der Waals surface area contributed by atoms with E-state index in [9.17, 15) is 4.79 Å². The Labute approximate surface area is 104 Å². The van der Waals surface area contributed by atoms with Crippen LogP contribution in [0.1, 0.15) is 32.6 Å². The number of hydrogen-bond acceptors (Lipinski definition) is 3. The molecule has 0 aromatic carbocycles. The van der Waals surface area contributed by atoms with Crippen molar-refractivity contribution in [2.45, 2.75) is 38.6 Å². The normalized spacial score (nSPS) is 26.4. The Balaban J connectivity index is 1.71. The van der Waals surface area contributed by atoms with Crippen molar-refractivity contribution in [1.82, 2.24) is 10.2 Å². The largest absolute Gasteiger partial charge is 0.372 e. The zero-order chi connectivity index (χ0) is 12.1. The molecular weight excluding hydrogens is 216 g/mol. The van der Waals surface area contributed by atoms with Gasteiger partial charge in [-0.3, -0.25) is 4.79 Å². The van der Waals surface area contributed by atoms with Gasteiger partial charge in [0.2, 0.25) is 5.91 Å². The second-order valence-corrected chi connectivity index (χ2v) is 5.06. The van der Waals surface area contributed by atoms with Crippen molar-refractivity contribution in [2.75, 3.05) is 32.8 Å². The molecule has 0 aliphatic carbocycles. The number of rotatable bonds is 4. The average molecular weight is 240 g/mol. The van der Waals surface area contributed by atoms with E-state index in [-0.39, 0.29) is 12.5 Å². The number of carbonyl (C=O) groups is 1. The molecule has 4 heteroatoms. The van der Waals surface area contributed by atoms with E-state index in [0.717, 1.165) is 31.8 Å². The van der Waals surface area contributed by atoms with E-state index < -0.39 is 0 Å². The van der Waals surface area contributed by atoms with Crippen molar-refractivity contribution in [3.05, 3.63) is 0 Å². The Morgan fingerprint density at radius 1 is 1.35 bits per heavy atom. The standard InChI is InChI=1S/C13H24N2O2/c1-2-17-10-13(16)15-8-5-11(6-9-15)12-4-3-7-14-12/h11-12,14H,2-10H2,1H3. The van der Waals surface area contributed by atoms with Crippen LogP contribution in [0.4, 0.5) is 0 Å². The number of hydrogen-bond donors (Lipinski definition) is 1. The van der Waals surface area contributed by atoms with Gasteiger partial charge in [0.25, 0.3) is 0 Å². The molecule has 0 bridgehead atoms. The Kier molecular flexibility index (Phi) is 4.80. The van der Waals surface area contributed by atoms with Crippen LogP contribution < -0.4 is 5.32 Å². The highest BCUT2D eigenvalue weighted by Crippen LogP contribution is 2.25. The molecule has 0 saturated carbocycles. The molecule has 2 heterocycles. The number of amides is 1. The SMILES string of the molecule is CCOCC(=O)N1CCC(C2CCCN2)CC1. The van der Waals surface area contributed by atoms with Gasteiger partial charge in [-0.15, -0.1) is 0 Å². The molecule has 1 unspecified atom stereocenters. The van der Waals surface area contributed by atoms with E-state index in [1.54, 1.807) is 0 Å². The van der Waals surface area contributed by atoms with Crippen molar-refractivity contribution in [3.8, 4) is 0 Å². The molecule has 0 aromatic heterocycles. The van der Waals surface area contributed by atoms with Gasteiger partial charge in [-0.1, -0.05) is 0 Å². The van der Waals surface area contributed by atoms with Gasteiger partial charge in [0.05, 0.1) is 0 Å². The number of nitrogens with zero attached hydrogens (tertiary/aromatic N) is 1. The first-order valence-corrected chi connectivity index (χ1v) is 6.90. The fraction of sp³-hybridized carbons (Fsp3) is 0.923. The smallest absolute Gasteiger partial charge is 0.248 e. The van der Waals surface area contributed by atoms with Crippen LogP contribution in [0.3, 0.4) is 0 Å². The minimum Gasteiger partial charge on any atom is -0.372 e. The lowest BCUT2D eigenvalue weighted by molar-refractivity contribution is -0.137. The molecule has 0 radical (unpaired) electrons. The van der Waals surface area contributed by atoms with Gasteiger partial charge in [0, 0.05) is 25.7 Å². The summed E-state index contributed by atoms with van der Waals surface area (Å²) in [4.78, 5) is 13.7. The first-order chi connectivity index (χ1) is 8.31. The maximum Gasteiger partial charge on any atom is 0.248 e. The summed E-state index contributed by atoms with van der Waals surface area (Å²) in [5, 5.41) is 3.58. The summed E-state index contributed by atoms with van der Waals surface area (Å²) in [6, 6.07) is 0.708. The zero-order valence-electron chi connectivity index (χ0n) is 10.8. The molecule has 17 heavy (non-hydrogen) atoms. The van der Waals surface area contributed by atoms with Gasteiger partial charge in [0.1, 0.15) is 6.61 Å². The number of likely N-dealkylation sites (tertiary alicyclic amines) is 1. The first kappa shape index (κ1) is 12.8. The second-order valence-electron chi connectivity index (χ2n) is 5.06. The maximum atomic E-state index is 11.8. The molecule has 2 aliphatic rings. The third-order valence-electron chi connectivity index (χ3n) is 3.99. The Morgan fingerprint density at radius 2 is 2.12 bits per heavy atom. The van der Waals surface area contributed by atoms with E-state index in [4.69, 9.17) is 4.74 Å². The van der Waals surface area contributed by atoms with E-state index in [0.29, 0.717) is 12.6 Å². The molecule has 2 aliphatic heterocycles. The predicted octanol–water partition coefficient (Wildman–Crippen LogP) is 1.01. The lowest BCUT2D eigenvalue weighted by atomic mass is 9.88. The Bertz CT molecular complexity index is 244. The van der Waals surface area contributed by atoms with Crippen molar-refractivity contribution < 1.29 is 9.53 Å². The predicted molar refractivity (Wildman–Crippen MR) is 66.8 cm³/mol.